The molecular formula is C20H22N4O. The molecule has 3 aromatic rings. The second-order valence-electron chi connectivity index (χ2n) is 6.30. The van der Waals surface area contributed by atoms with Crippen LogP contribution in [-0.2, 0) is 13.1 Å². The molecule has 0 atom stereocenters. The number of aromatic nitrogens is 3. The van der Waals surface area contributed by atoms with Crippen molar-refractivity contribution in [3.05, 3.63) is 83.7 Å². The van der Waals surface area contributed by atoms with Crippen LogP contribution in [0.3, 0.4) is 0 Å². The van der Waals surface area contributed by atoms with Crippen molar-refractivity contribution >= 4 is 5.91 Å². The van der Waals surface area contributed by atoms with Crippen molar-refractivity contribution in [3.63, 3.8) is 0 Å². The van der Waals surface area contributed by atoms with E-state index in [2.05, 4.69) is 10.3 Å². The van der Waals surface area contributed by atoms with Crippen LogP contribution in [0.4, 0.5) is 0 Å². The molecular weight excluding hydrogens is 312 g/mol. The van der Waals surface area contributed by atoms with E-state index < -0.39 is 0 Å². The highest BCUT2D eigenvalue weighted by molar-refractivity contribution is 5.92. The Morgan fingerprint density at radius 3 is 2.20 bits per heavy atom. The van der Waals surface area contributed by atoms with E-state index in [1.807, 2.05) is 79.4 Å². The van der Waals surface area contributed by atoms with Gasteiger partial charge in [-0.25, -0.2) is 4.68 Å². The Morgan fingerprint density at radius 1 is 1.00 bits per heavy atom. The first-order valence-electron chi connectivity index (χ1n) is 8.42. The first kappa shape index (κ1) is 16.9. The molecule has 25 heavy (non-hydrogen) atoms. The summed E-state index contributed by atoms with van der Waals surface area (Å²) in [5.41, 5.74) is 2.60. The van der Waals surface area contributed by atoms with Crippen molar-refractivity contribution in [2.75, 3.05) is 0 Å². The predicted molar refractivity (Wildman–Crippen MR) is 97.0 cm³/mol. The van der Waals surface area contributed by atoms with Gasteiger partial charge in [0.25, 0.3) is 5.91 Å². The summed E-state index contributed by atoms with van der Waals surface area (Å²) in [6.07, 6.45) is 1.72. The van der Waals surface area contributed by atoms with Gasteiger partial charge < -0.3 is 4.90 Å². The molecule has 5 heteroatoms. The fraction of sp³-hybridized carbons (Fsp3) is 0.250. The number of nitrogens with zero attached hydrogens (tertiary/aromatic N) is 4. The lowest BCUT2D eigenvalue weighted by Crippen LogP contribution is -2.36. The van der Waals surface area contributed by atoms with Crippen molar-refractivity contribution in [2.45, 2.75) is 33.0 Å². The van der Waals surface area contributed by atoms with Crippen LogP contribution in [0, 0.1) is 0 Å². The maximum atomic E-state index is 12.9. The maximum absolute atomic E-state index is 12.9. The van der Waals surface area contributed by atoms with Gasteiger partial charge in [-0.15, -0.1) is 5.10 Å². The molecule has 1 aromatic heterocycles. The fourth-order valence-electron chi connectivity index (χ4n) is 2.66. The lowest BCUT2D eigenvalue weighted by Gasteiger charge is -2.26. The quantitative estimate of drug-likeness (QED) is 0.694. The number of amides is 1. The molecule has 2 aromatic carbocycles. The molecule has 0 fully saturated rings. The summed E-state index contributed by atoms with van der Waals surface area (Å²) in [7, 11) is 0. The first-order valence-corrected chi connectivity index (χ1v) is 8.42. The van der Waals surface area contributed by atoms with E-state index in [4.69, 9.17) is 0 Å². The number of rotatable bonds is 6. The van der Waals surface area contributed by atoms with E-state index in [1.54, 1.807) is 10.9 Å². The molecule has 0 N–H and O–H groups in total. The number of benzene rings is 2. The lowest BCUT2D eigenvalue weighted by atomic mass is 10.2. The Hall–Kier alpha value is -2.95. The number of carbonyl (C=O) groups is 1. The van der Waals surface area contributed by atoms with E-state index in [-0.39, 0.29) is 11.9 Å². The molecule has 1 heterocycles. The smallest absolute Gasteiger partial charge is 0.276 e. The summed E-state index contributed by atoms with van der Waals surface area (Å²) >= 11 is 0. The molecule has 0 aliphatic carbocycles. The summed E-state index contributed by atoms with van der Waals surface area (Å²) in [5, 5.41) is 8.18. The zero-order valence-corrected chi connectivity index (χ0v) is 14.5. The Kier molecular flexibility index (Phi) is 5.23. The predicted octanol–water partition coefficient (Wildman–Crippen LogP) is 3.38. The van der Waals surface area contributed by atoms with Gasteiger partial charge in [-0.1, -0.05) is 65.9 Å². The molecule has 128 valence electrons. The highest BCUT2D eigenvalue weighted by atomic mass is 16.2. The third kappa shape index (κ3) is 4.32. The average Bonchev–Trinajstić information content (AvgIpc) is 3.09. The molecule has 0 saturated carbocycles. The molecule has 0 radical (unpaired) electrons. The molecule has 0 spiro atoms. The summed E-state index contributed by atoms with van der Waals surface area (Å²) < 4.78 is 1.70. The van der Waals surface area contributed by atoms with Crippen LogP contribution in [0.15, 0.2) is 66.9 Å². The number of hydrogen-bond donors (Lipinski definition) is 0. The van der Waals surface area contributed by atoms with Gasteiger partial charge in [0.05, 0.1) is 12.7 Å². The largest absolute Gasteiger partial charge is 0.330 e. The third-order valence-electron chi connectivity index (χ3n) is 4.03. The number of hydrogen-bond acceptors (Lipinski definition) is 3. The maximum Gasteiger partial charge on any atom is 0.276 e. The highest BCUT2D eigenvalue weighted by Crippen LogP contribution is 2.12. The van der Waals surface area contributed by atoms with E-state index in [1.165, 1.54) is 0 Å². The van der Waals surface area contributed by atoms with Gasteiger partial charge in [-0.05, 0) is 25.0 Å². The highest BCUT2D eigenvalue weighted by Gasteiger charge is 2.22. The zero-order chi connectivity index (χ0) is 17.6. The summed E-state index contributed by atoms with van der Waals surface area (Å²) in [5.74, 6) is -0.0989. The van der Waals surface area contributed by atoms with Gasteiger partial charge in [-0.2, -0.15) is 0 Å². The molecule has 0 bridgehead atoms. The Morgan fingerprint density at radius 2 is 1.60 bits per heavy atom. The molecule has 3 rings (SSSR count). The third-order valence-corrected chi connectivity index (χ3v) is 4.03. The number of carbonyl (C=O) groups excluding carboxylic acids is 1. The van der Waals surface area contributed by atoms with E-state index in [0.717, 1.165) is 11.1 Å². The van der Waals surface area contributed by atoms with Crippen molar-refractivity contribution in [1.82, 2.24) is 19.9 Å². The molecule has 0 aliphatic heterocycles. The second kappa shape index (κ2) is 7.75. The average molecular weight is 334 g/mol. The molecule has 1 amide bonds. The minimum atomic E-state index is -0.0989. The van der Waals surface area contributed by atoms with E-state index in [9.17, 15) is 4.79 Å². The summed E-state index contributed by atoms with van der Waals surface area (Å²) in [6.45, 7) is 5.18. The van der Waals surface area contributed by atoms with Gasteiger partial charge in [0.1, 0.15) is 0 Å². The minimum Gasteiger partial charge on any atom is -0.330 e. The topological polar surface area (TPSA) is 51.0 Å². The molecule has 0 aliphatic rings. The first-order chi connectivity index (χ1) is 12.1. The molecule has 0 saturated heterocycles. The molecule has 0 unspecified atom stereocenters. The van der Waals surface area contributed by atoms with Crippen LogP contribution in [0.1, 0.15) is 35.5 Å². The van der Waals surface area contributed by atoms with E-state index >= 15 is 0 Å². The Bertz CT molecular complexity index is 812. The normalized spacial score (nSPS) is 10.8. The van der Waals surface area contributed by atoms with Crippen LogP contribution >= 0.6 is 0 Å². The SMILES string of the molecule is CC(C)N(Cc1ccccc1)C(=O)c1cn(Cc2ccccc2)nn1. The van der Waals surface area contributed by atoms with Gasteiger partial charge in [0, 0.05) is 12.6 Å². The Balaban J connectivity index is 1.74. The van der Waals surface area contributed by atoms with Gasteiger partial charge in [-0.3, -0.25) is 4.79 Å². The second-order valence-corrected chi connectivity index (χ2v) is 6.30. The van der Waals surface area contributed by atoms with Gasteiger partial charge in [0.15, 0.2) is 5.69 Å². The van der Waals surface area contributed by atoms with Gasteiger partial charge >= 0.3 is 0 Å². The van der Waals surface area contributed by atoms with Crippen LogP contribution in [0.5, 0.6) is 0 Å². The van der Waals surface area contributed by atoms with Gasteiger partial charge in [0.2, 0.25) is 0 Å². The van der Waals surface area contributed by atoms with Crippen molar-refractivity contribution in [3.8, 4) is 0 Å². The van der Waals surface area contributed by atoms with Crippen LogP contribution in [-0.4, -0.2) is 31.8 Å². The van der Waals surface area contributed by atoms with E-state index in [0.29, 0.717) is 18.8 Å². The van der Waals surface area contributed by atoms with Crippen LogP contribution in [0.2, 0.25) is 0 Å². The zero-order valence-electron chi connectivity index (χ0n) is 14.5. The Labute approximate surface area is 147 Å². The molecule has 5 nitrogen and oxygen atoms in total. The van der Waals surface area contributed by atoms with Crippen LogP contribution in [0.25, 0.3) is 0 Å². The standard InChI is InChI=1S/C20H22N4O/c1-16(2)24(14-18-11-7-4-8-12-18)20(25)19-15-23(22-21-19)13-17-9-5-3-6-10-17/h3-12,15-16H,13-14H2,1-2H3. The minimum absolute atomic E-state index is 0.0759. The summed E-state index contributed by atoms with van der Waals surface area (Å²) in [4.78, 5) is 14.7. The lowest BCUT2D eigenvalue weighted by molar-refractivity contribution is 0.0684. The van der Waals surface area contributed by atoms with Crippen molar-refractivity contribution in [1.29, 1.82) is 0 Å². The van der Waals surface area contributed by atoms with Crippen LogP contribution < -0.4 is 0 Å². The van der Waals surface area contributed by atoms with Crippen molar-refractivity contribution in [2.24, 2.45) is 0 Å². The summed E-state index contributed by atoms with van der Waals surface area (Å²) in [6, 6.07) is 20.1. The fourth-order valence-corrected chi connectivity index (χ4v) is 2.66. The van der Waals surface area contributed by atoms with Crippen molar-refractivity contribution < 1.29 is 4.79 Å². The monoisotopic (exact) mass is 334 g/mol.